The topological polar surface area (TPSA) is 73.7 Å². The third kappa shape index (κ3) is 3.54. The number of carbonyl (C=O) groups is 2. The van der Waals surface area contributed by atoms with Crippen molar-refractivity contribution in [2.75, 3.05) is 26.2 Å². The van der Waals surface area contributed by atoms with E-state index < -0.39 is 5.97 Å². The molecule has 2 aliphatic heterocycles. The number of likely N-dealkylation sites (tertiary alicyclic amines) is 2. The SMILES string of the molecule is CCCN1CC2(CCN(C(=O)c3cnccc3C)CC2)C[C@H]1C(=O)O. The molecule has 0 unspecified atom stereocenters. The van der Waals surface area contributed by atoms with Gasteiger partial charge in [0.1, 0.15) is 6.04 Å². The lowest BCUT2D eigenvalue weighted by Crippen LogP contribution is -2.44. The van der Waals surface area contributed by atoms with Gasteiger partial charge >= 0.3 is 5.97 Å². The van der Waals surface area contributed by atoms with E-state index in [9.17, 15) is 14.7 Å². The van der Waals surface area contributed by atoms with Crippen LogP contribution >= 0.6 is 0 Å². The number of hydrogen-bond donors (Lipinski definition) is 1. The second kappa shape index (κ2) is 7.12. The highest BCUT2D eigenvalue weighted by Gasteiger charge is 2.48. The van der Waals surface area contributed by atoms with Gasteiger partial charge in [0.25, 0.3) is 5.91 Å². The molecule has 1 aromatic heterocycles. The Labute approximate surface area is 148 Å². The number of piperidine rings is 1. The summed E-state index contributed by atoms with van der Waals surface area (Å²) < 4.78 is 0. The van der Waals surface area contributed by atoms with Crippen LogP contribution in [0.2, 0.25) is 0 Å². The summed E-state index contributed by atoms with van der Waals surface area (Å²) in [6.07, 6.45) is 6.76. The maximum Gasteiger partial charge on any atom is 0.320 e. The van der Waals surface area contributed by atoms with Crippen molar-refractivity contribution < 1.29 is 14.7 Å². The third-order valence-electron chi connectivity index (χ3n) is 5.78. The van der Waals surface area contributed by atoms with E-state index in [4.69, 9.17) is 0 Å². The van der Waals surface area contributed by atoms with E-state index in [2.05, 4.69) is 16.8 Å². The zero-order valence-corrected chi connectivity index (χ0v) is 15.1. The molecular weight excluding hydrogens is 318 g/mol. The normalized spacial score (nSPS) is 23.1. The van der Waals surface area contributed by atoms with Crippen molar-refractivity contribution in [3.05, 3.63) is 29.6 Å². The minimum absolute atomic E-state index is 0.0404. The summed E-state index contributed by atoms with van der Waals surface area (Å²) in [5.74, 6) is -0.673. The van der Waals surface area contributed by atoms with Gasteiger partial charge in [-0.2, -0.15) is 0 Å². The van der Waals surface area contributed by atoms with Crippen LogP contribution in [-0.2, 0) is 4.79 Å². The highest BCUT2D eigenvalue weighted by atomic mass is 16.4. The molecule has 1 atom stereocenters. The lowest BCUT2D eigenvalue weighted by atomic mass is 9.76. The van der Waals surface area contributed by atoms with E-state index in [-0.39, 0.29) is 17.4 Å². The summed E-state index contributed by atoms with van der Waals surface area (Å²) in [7, 11) is 0. The van der Waals surface area contributed by atoms with Crippen LogP contribution in [0, 0.1) is 12.3 Å². The largest absolute Gasteiger partial charge is 0.480 e. The van der Waals surface area contributed by atoms with Gasteiger partial charge in [-0.05, 0) is 56.2 Å². The zero-order valence-electron chi connectivity index (χ0n) is 15.1. The molecule has 0 aliphatic carbocycles. The number of rotatable bonds is 4. The Balaban J connectivity index is 1.66. The molecule has 0 bridgehead atoms. The van der Waals surface area contributed by atoms with Gasteiger partial charge in [-0.1, -0.05) is 6.92 Å². The number of hydrogen-bond acceptors (Lipinski definition) is 4. The first-order valence-electron chi connectivity index (χ1n) is 9.12. The van der Waals surface area contributed by atoms with Gasteiger partial charge in [-0.15, -0.1) is 0 Å². The van der Waals surface area contributed by atoms with Gasteiger partial charge in [0.2, 0.25) is 0 Å². The predicted molar refractivity (Wildman–Crippen MR) is 94.4 cm³/mol. The van der Waals surface area contributed by atoms with E-state index in [1.165, 1.54) is 0 Å². The highest BCUT2D eigenvalue weighted by molar-refractivity contribution is 5.95. The molecule has 2 saturated heterocycles. The van der Waals surface area contributed by atoms with Gasteiger partial charge in [0.05, 0.1) is 5.56 Å². The molecule has 1 aromatic rings. The standard InChI is InChI=1S/C19H27N3O3/c1-3-8-22-13-19(11-16(22)18(24)25)5-9-21(10-6-19)17(23)15-12-20-7-4-14(15)2/h4,7,12,16H,3,5-6,8-11,13H2,1-2H3,(H,24,25)/t16-/m0/s1. The summed E-state index contributed by atoms with van der Waals surface area (Å²) in [4.78, 5) is 32.4. The Bertz CT molecular complexity index is 653. The second-order valence-corrected chi connectivity index (χ2v) is 7.51. The average molecular weight is 345 g/mol. The molecule has 6 heteroatoms. The van der Waals surface area contributed by atoms with Crippen molar-refractivity contribution in [1.29, 1.82) is 0 Å². The number of nitrogens with zero attached hydrogens (tertiary/aromatic N) is 3. The Morgan fingerprint density at radius 2 is 2.08 bits per heavy atom. The van der Waals surface area contributed by atoms with Crippen molar-refractivity contribution in [2.24, 2.45) is 5.41 Å². The minimum atomic E-state index is -0.713. The lowest BCUT2D eigenvalue weighted by Gasteiger charge is -2.39. The van der Waals surface area contributed by atoms with Crippen LogP contribution in [0.3, 0.4) is 0 Å². The van der Waals surface area contributed by atoms with E-state index in [1.54, 1.807) is 12.4 Å². The van der Waals surface area contributed by atoms with Crippen molar-refractivity contribution in [2.45, 2.75) is 45.6 Å². The number of aromatic nitrogens is 1. The smallest absolute Gasteiger partial charge is 0.320 e. The molecule has 0 saturated carbocycles. The van der Waals surface area contributed by atoms with Gasteiger partial charge in [-0.25, -0.2) is 0 Å². The Morgan fingerprint density at radius 3 is 2.68 bits per heavy atom. The van der Waals surface area contributed by atoms with Crippen LogP contribution in [0.5, 0.6) is 0 Å². The molecule has 0 aromatic carbocycles. The summed E-state index contributed by atoms with van der Waals surface area (Å²) >= 11 is 0. The average Bonchev–Trinajstić information content (AvgIpc) is 2.94. The fraction of sp³-hybridized carbons (Fsp3) is 0.632. The first-order valence-corrected chi connectivity index (χ1v) is 9.12. The monoisotopic (exact) mass is 345 g/mol. The molecule has 1 amide bonds. The number of carbonyl (C=O) groups excluding carboxylic acids is 1. The van der Waals surface area contributed by atoms with E-state index in [0.29, 0.717) is 25.1 Å². The predicted octanol–water partition coefficient (Wildman–Crippen LogP) is 2.18. The Morgan fingerprint density at radius 1 is 1.36 bits per heavy atom. The van der Waals surface area contributed by atoms with Crippen molar-refractivity contribution in [3.63, 3.8) is 0 Å². The van der Waals surface area contributed by atoms with Crippen LogP contribution in [0.4, 0.5) is 0 Å². The van der Waals surface area contributed by atoms with Crippen molar-refractivity contribution in [3.8, 4) is 0 Å². The summed E-state index contributed by atoms with van der Waals surface area (Å²) in [6.45, 7) is 7.07. The lowest BCUT2D eigenvalue weighted by molar-refractivity contribution is -0.142. The summed E-state index contributed by atoms with van der Waals surface area (Å²) in [6, 6.07) is 1.48. The number of amides is 1. The van der Waals surface area contributed by atoms with E-state index in [1.807, 2.05) is 17.9 Å². The Hall–Kier alpha value is -1.95. The molecule has 0 radical (unpaired) electrons. The molecule has 3 rings (SSSR count). The second-order valence-electron chi connectivity index (χ2n) is 7.51. The molecule has 6 nitrogen and oxygen atoms in total. The number of carboxylic acids is 1. The van der Waals surface area contributed by atoms with Crippen molar-refractivity contribution in [1.82, 2.24) is 14.8 Å². The van der Waals surface area contributed by atoms with Crippen LogP contribution < -0.4 is 0 Å². The zero-order chi connectivity index (χ0) is 18.0. The first kappa shape index (κ1) is 17.9. The molecule has 1 spiro atoms. The number of pyridine rings is 1. The number of aryl methyl sites for hydroxylation is 1. The van der Waals surface area contributed by atoms with Crippen LogP contribution in [-0.4, -0.2) is 64.0 Å². The third-order valence-corrected chi connectivity index (χ3v) is 5.78. The van der Waals surface area contributed by atoms with Gasteiger partial charge in [0, 0.05) is 32.0 Å². The summed E-state index contributed by atoms with van der Waals surface area (Å²) in [5, 5.41) is 9.53. The molecule has 2 aliphatic rings. The summed E-state index contributed by atoms with van der Waals surface area (Å²) in [5.41, 5.74) is 1.65. The molecular formula is C19H27N3O3. The van der Waals surface area contributed by atoms with Crippen LogP contribution in [0.15, 0.2) is 18.5 Å². The molecule has 1 N–H and O–H groups in total. The Kier molecular flexibility index (Phi) is 5.08. The number of aliphatic carboxylic acids is 1. The maximum absolute atomic E-state index is 12.7. The maximum atomic E-state index is 12.7. The highest BCUT2D eigenvalue weighted by Crippen LogP contribution is 2.43. The number of carboxylic acid groups (broad SMARTS) is 1. The molecule has 25 heavy (non-hydrogen) atoms. The van der Waals surface area contributed by atoms with Crippen LogP contribution in [0.1, 0.15) is 48.5 Å². The molecule has 2 fully saturated rings. The van der Waals surface area contributed by atoms with Gasteiger partial charge in [0.15, 0.2) is 0 Å². The van der Waals surface area contributed by atoms with Gasteiger partial charge < -0.3 is 10.0 Å². The van der Waals surface area contributed by atoms with E-state index >= 15 is 0 Å². The van der Waals surface area contributed by atoms with E-state index in [0.717, 1.165) is 37.9 Å². The fourth-order valence-electron chi connectivity index (χ4n) is 4.32. The quantitative estimate of drug-likeness (QED) is 0.905. The van der Waals surface area contributed by atoms with Crippen molar-refractivity contribution >= 4 is 11.9 Å². The molecule has 3 heterocycles. The molecule has 136 valence electrons. The fourth-order valence-corrected chi connectivity index (χ4v) is 4.32. The minimum Gasteiger partial charge on any atom is -0.480 e. The van der Waals surface area contributed by atoms with Gasteiger partial charge in [-0.3, -0.25) is 19.5 Å². The van der Waals surface area contributed by atoms with Crippen LogP contribution in [0.25, 0.3) is 0 Å². The first-order chi connectivity index (χ1) is 12.0.